The highest BCUT2D eigenvalue weighted by Gasteiger charge is 2.26. The lowest BCUT2D eigenvalue weighted by atomic mass is 10.0. The molecule has 1 unspecified atom stereocenters. The Kier molecular flexibility index (Phi) is 8.39. The summed E-state index contributed by atoms with van der Waals surface area (Å²) >= 11 is 0. The van der Waals surface area contributed by atoms with Crippen molar-refractivity contribution in [1.82, 2.24) is 10.2 Å². The molecular formula is C26H36N4O4. The van der Waals surface area contributed by atoms with Crippen molar-refractivity contribution in [3.8, 4) is 11.5 Å². The lowest BCUT2D eigenvalue weighted by molar-refractivity contribution is -0.118. The normalized spacial score (nSPS) is 15.1. The van der Waals surface area contributed by atoms with E-state index in [0.29, 0.717) is 17.1 Å². The molecule has 3 rings (SSSR count). The molecule has 1 saturated heterocycles. The lowest BCUT2D eigenvalue weighted by Gasteiger charge is -2.34. The summed E-state index contributed by atoms with van der Waals surface area (Å²) in [6, 6.07) is 10.3. The topological polar surface area (TPSA) is 83.1 Å². The van der Waals surface area contributed by atoms with Gasteiger partial charge in [0.2, 0.25) is 5.91 Å². The molecule has 1 fully saturated rings. The van der Waals surface area contributed by atoms with Gasteiger partial charge in [-0.15, -0.1) is 0 Å². The fraction of sp³-hybridized carbons (Fsp3) is 0.462. The molecule has 0 aliphatic carbocycles. The number of benzene rings is 2. The lowest BCUT2D eigenvalue weighted by Crippen LogP contribution is -2.47. The van der Waals surface area contributed by atoms with Crippen LogP contribution in [-0.4, -0.2) is 70.2 Å². The fourth-order valence-corrected chi connectivity index (χ4v) is 3.96. The number of nitrogens with zero attached hydrogens (tertiary/aromatic N) is 2. The van der Waals surface area contributed by atoms with Crippen LogP contribution in [-0.2, 0) is 4.79 Å². The predicted molar refractivity (Wildman–Crippen MR) is 135 cm³/mol. The molecule has 8 heteroatoms. The van der Waals surface area contributed by atoms with Gasteiger partial charge in [0.05, 0.1) is 14.2 Å². The zero-order chi connectivity index (χ0) is 24.8. The van der Waals surface area contributed by atoms with Crippen molar-refractivity contribution in [3.63, 3.8) is 0 Å². The summed E-state index contributed by atoms with van der Waals surface area (Å²) < 4.78 is 10.5. The van der Waals surface area contributed by atoms with Gasteiger partial charge < -0.3 is 29.9 Å². The molecule has 184 valence electrons. The van der Waals surface area contributed by atoms with E-state index in [1.165, 1.54) is 14.2 Å². The number of hydrogen-bond donors (Lipinski definition) is 2. The summed E-state index contributed by atoms with van der Waals surface area (Å²) in [4.78, 5) is 30.8. The van der Waals surface area contributed by atoms with Crippen LogP contribution < -0.4 is 25.0 Å². The van der Waals surface area contributed by atoms with Crippen LogP contribution in [0.15, 0.2) is 36.4 Å². The smallest absolute Gasteiger partial charge is 0.252 e. The van der Waals surface area contributed by atoms with Gasteiger partial charge in [0.15, 0.2) is 0 Å². The van der Waals surface area contributed by atoms with Gasteiger partial charge in [0.1, 0.15) is 17.5 Å². The average molecular weight is 469 g/mol. The minimum atomic E-state index is -0.707. The Labute approximate surface area is 202 Å². The number of methoxy groups -OCH3 is 2. The first-order valence-corrected chi connectivity index (χ1v) is 11.6. The summed E-state index contributed by atoms with van der Waals surface area (Å²) in [6.07, 6.45) is 0. The number of nitrogens with one attached hydrogen (secondary N) is 2. The highest BCUT2D eigenvalue weighted by atomic mass is 16.5. The second-order valence-corrected chi connectivity index (χ2v) is 9.08. The molecule has 0 spiro atoms. The van der Waals surface area contributed by atoms with Crippen LogP contribution in [0.3, 0.4) is 0 Å². The Hall–Kier alpha value is -3.26. The molecule has 2 aromatic carbocycles. The van der Waals surface area contributed by atoms with Crippen LogP contribution >= 0.6 is 0 Å². The summed E-state index contributed by atoms with van der Waals surface area (Å²) in [5.74, 6) is 0.278. The van der Waals surface area contributed by atoms with Crippen molar-refractivity contribution >= 4 is 23.2 Å². The maximum Gasteiger partial charge on any atom is 0.252 e. The Morgan fingerprint density at radius 2 is 1.56 bits per heavy atom. The third-order valence-electron chi connectivity index (χ3n) is 6.19. The van der Waals surface area contributed by atoms with Crippen molar-refractivity contribution in [2.24, 2.45) is 5.92 Å². The van der Waals surface area contributed by atoms with Gasteiger partial charge in [0, 0.05) is 49.2 Å². The summed E-state index contributed by atoms with van der Waals surface area (Å²) in [5.41, 5.74) is 3.24. The van der Waals surface area contributed by atoms with Crippen molar-refractivity contribution in [2.75, 3.05) is 57.7 Å². The molecule has 0 aromatic heterocycles. The number of carbonyl (C=O) groups excluding carboxylic acids is 2. The van der Waals surface area contributed by atoms with Crippen molar-refractivity contribution in [3.05, 3.63) is 47.5 Å². The maximum atomic E-state index is 13.2. The first kappa shape index (κ1) is 25.4. The molecule has 0 saturated carbocycles. The van der Waals surface area contributed by atoms with Crippen molar-refractivity contribution in [2.45, 2.75) is 26.8 Å². The maximum absolute atomic E-state index is 13.2. The second-order valence-electron chi connectivity index (χ2n) is 9.08. The number of aryl methyl sites for hydroxylation is 1. The quantitative estimate of drug-likeness (QED) is 0.619. The zero-order valence-electron chi connectivity index (χ0n) is 21.0. The molecular weight excluding hydrogens is 432 g/mol. The first-order valence-electron chi connectivity index (χ1n) is 11.6. The van der Waals surface area contributed by atoms with Gasteiger partial charge >= 0.3 is 0 Å². The van der Waals surface area contributed by atoms with Gasteiger partial charge in [0.25, 0.3) is 5.91 Å². The SMILES string of the molecule is COc1cc(OC)cc(C(=O)NC(C(=O)Nc2ccc(N3CCN(C)CC3)cc2C)C(C)C)c1. The molecule has 1 aliphatic heterocycles. The largest absolute Gasteiger partial charge is 0.497 e. The molecule has 2 amide bonds. The van der Waals surface area contributed by atoms with Crippen LogP contribution in [0.25, 0.3) is 0 Å². The van der Waals surface area contributed by atoms with Crippen LogP contribution in [0.4, 0.5) is 11.4 Å². The molecule has 34 heavy (non-hydrogen) atoms. The number of carbonyl (C=O) groups is 2. The van der Waals surface area contributed by atoms with Crippen LogP contribution in [0.2, 0.25) is 0 Å². The third kappa shape index (κ3) is 6.20. The highest BCUT2D eigenvalue weighted by Crippen LogP contribution is 2.25. The van der Waals surface area contributed by atoms with E-state index >= 15 is 0 Å². The van der Waals surface area contributed by atoms with Gasteiger partial charge in [-0.2, -0.15) is 0 Å². The number of rotatable bonds is 8. The minimum absolute atomic E-state index is 0.110. The second kappa shape index (κ2) is 11.2. The predicted octanol–water partition coefficient (Wildman–Crippen LogP) is 3.16. The number of amides is 2. The van der Waals surface area contributed by atoms with Crippen molar-refractivity contribution < 1.29 is 19.1 Å². The van der Waals surface area contributed by atoms with E-state index in [-0.39, 0.29) is 17.7 Å². The van der Waals surface area contributed by atoms with E-state index in [1.807, 2.05) is 32.9 Å². The summed E-state index contributed by atoms with van der Waals surface area (Å²) in [7, 11) is 5.19. The van der Waals surface area contributed by atoms with E-state index in [4.69, 9.17) is 9.47 Å². The summed E-state index contributed by atoms with van der Waals surface area (Å²) in [5, 5.41) is 5.87. The molecule has 1 aliphatic rings. The van der Waals surface area contributed by atoms with Gasteiger partial charge in [-0.1, -0.05) is 13.8 Å². The molecule has 2 aromatic rings. The van der Waals surface area contributed by atoms with E-state index in [0.717, 1.165) is 43.1 Å². The number of piperazine rings is 1. The van der Waals surface area contributed by atoms with E-state index in [9.17, 15) is 9.59 Å². The van der Waals surface area contributed by atoms with Crippen LogP contribution in [0, 0.1) is 12.8 Å². The third-order valence-corrected chi connectivity index (χ3v) is 6.19. The fourth-order valence-electron chi connectivity index (χ4n) is 3.96. The van der Waals surface area contributed by atoms with Gasteiger partial charge in [-0.25, -0.2) is 0 Å². The summed E-state index contributed by atoms with van der Waals surface area (Å²) in [6.45, 7) is 9.83. The Balaban J connectivity index is 1.71. The monoisotopic (exact) mass is 468 g/mol. The Morgan fingerprint density at radius 3 is 2.09 bits per heavy atom. The van der Waals surface area contributed by atoms with Gasteiger partial charge in [-0.3, -0.25) is 9.59 Å². The number of anilines is 2. The molecule has 1 atom stereocenters. The molecule has 8 nitrogen and oxygen atoms in total. The number of likely N-dealkylation sites (N-methyl/N-ethyl adjacent to an activating group) is 1. The molecule has 2 N–H and O–H groups in total. The molecule has 0 radical (unpaired) electrons. The average Bonchev–Trinajstić information content (AvgIpc) is 2.83. The minimum Gasteiger partial charge on any atom is -0.497 e. The zero-order valence-corrected chi connectivity index (χ0v) is 21.0. The van der Waals surface area contributed by atoms with E-state index in [1.54, 1.807) is 18.2 Å². The number of ether oxygens (including phenoxy) is 2. The molecule has 1 heterocycles. The molecule has 0 bridgehead atoms. The van der Waals surface area contributed by atoms with Gasteiger partial charge in [-0.05, 0) is 55.8 Å². The van der Waals surface area contributed by atoms with Crippen LogP contribution in [0.1, 0.15) is 29.8 Å². The van der Waals surface area contributed by atoms with E-state index in [2.05, 4.69) is 33.5 Å². The highest BCUT2D eigenvalue weighted by molar-refractivity contribution is 6.02. The standard InChI is InChI=1S/C26H36N4O4/c1-17(2)24(28-25(31)19-14-21(33-5)16-22(15-19)34-6)26(32)27-23-8-7-20(13-18(23)3)30-11-9-29(4)10-12-30/h7-8,13-17,24H,9-12H2,1-6H3,(H,27,32)(H,28,31). The van der Waals surface area contributed by atoms with Crippen LogP contribution in [0.5, 0.6) is 11.5 Å². The Morgan fingerprint density at radius 1 is 0.941 bits per heavy atom. The van der Waals surface area contributed by atoms with Crippen molar-refractivity contribution in [1.29, 1.82) is 0 Å². The van der Waals surface area contributed by atoms with E-state index < -0.39 is 6.04 Å². The Bertz CT molecular complexity index is 994. The number of hydrogen-bond acceptors (Lipinski definition) is 6. The first-order chi connectivity index (χ1) is 16.2.